The lowest BCUT2D eigenvalue weighted by atomic mass is 9.79. The lowest BCUT2D eigenvalue weighted by Gasteiger charge is -2.41. The van der Waals surface area contributed by atoms with E-state index in [1.165, 1.54) is 65.7 Å². The second kappa shape index (κ2) is 10.6. The minimum atomic E-state index is 0.00742. The molecule has 6 aromatic rings. The first-order valence-electron chi connectivity index (χ1n) is 14.7. The van der Waals surface area contributed by atoms with Crippen molar-refractivity contribution < 1.29 is 9.47 Å². The topological polar surface area (TPSA) is 21.7 Å². The lowest BCUT2D eigenvalue weighted by molar-refractivity contribution is 0.212. The van der Waals surface area contributed by atoms with Crippen LogP contribution in [-0.4, -0.2) is 19.1 Å². The highest BCUT2D eigenvalue weighted by molar-refractivity contribution is 7.12. The van der Waals surface area contributed by atoms with Crippen molar-refractivity contribution >= 4 is 33.3 Å². The molecule has 0 fully saturated rings. The summed E-state index contributed by atoms with van der Waals surface area (Å²) >= 11 is 1.84. The van der Waals surface area contributed by atoms with E-state index in [1.807, 2.05) is 11.3 Å². The Kier molecular flexibility index (Phi) is 6.40. The van der Waals surface area contributed by atoms with Gasteiger partial charge in [0, 0.05) is 29.1 Å². The molecule has 1 aliphatic heterocycles. The molecule has 0 saturated carbocycles. The van der Waals surface area contributed by atoms with Crippen LogP contribution in [0.15, 0.2) is 121 Å². The fraction of sp³-hybridized carbons (Fsp3) is 0.128. The molecule has 0 amide bonds. The largest absolute Gasteiger partial charge is 0.493 e. The molecule has 3 nitrogen and oxygen atoms in total. The van der Waals surface area contributed by atoms with E-state index in [4.69, 9.17) is 9.47 Å². The number of fused-ring (bicyclic) bond motifs is 5. The highest BCUT2D eigenvalue weighted by atomic mass is 32.1. The summed E-state index contributed by atoms with van der Waals surface area (Å²) in [5.41, 5.74) is 11.7. The molecule has 0 radical (unpaired) electrons. The maximum absolute atomic E-state index is 5.91. The molecule has 210 valence electrons. The highest BCUT2D eigenvalue weighted by Gasteiger charge is 2.39. The third-order valence-corrected chi connectivity index (χ3v) is 9.84. The fourth-order valence-electron chi connectivity index (χ4n) is 7.06. The average molecular weight is 578 g/mol. The van der Waals surface area contributed by atoms with Gasteiger partial charge in [-0.25, -0.2) is 0 Å². The average Bonchev–Trinajstić information content (AvgIpc) is 3.65. The zero-order chi connectivity index (χ0) is 28.9. The highest BCUT2D eigenvalue weighted by Crippen LogP contribution is 2.56. The van der Waals surface area contributed by atoms with Crippen molar-refractivity contribution in [2.24, 2.45) is 0 Å². The van der Waals surface area contributed by atoms with E-state index in [9.17, 15) is 0 Å². The summed E-state index contributed by atoms with van der Waals surface area (Å²) < 4.78 is 11.7. The Morgan fingerprint density at radius 2 is 1.42 bits per heavy atom. The van der Waals surface area contributed by atoms with E-state index in [2.05, 4.69) is 126 Å². The van der Waals surface area contributed by atoms with Gasteiger partial charge in [-0.3, -0.25) is 4.90 Å². The molecule has 4 heteroatoms. The number of thiophene rings is 1. The molecule has 0 bridgehead atoms. The number of rotatable bonds is 5. The number of ether oxygens (including phenoxy) is 2. The molecule has 43 heavy (non-hydrogen) atoms. The molecule has 0 N–H and O–H groups in total. The maximum atomic E-state index is 5.91. The first-order valence-corrected chi connectivity index (χ1v) is 15.6. The molecule has 8 rings (SSSR count). The Morgan fingerprint density at radius 3 is 2.26 bits per heavy atom. The Bertz CT molecular complexity index is 2020. The Hall–Kier alpha value is -4.64. The van der Waals surface area contributed by atoms with Crippen LogP contribution in [0.5, 0.6) is 11.5 Å². The summed E-state index contributed by atoms with van der Waals surface area (Å²) in [6, 6.07) is 41.9. The van der Waals surface area contributed by atoms with E-state index in [1.54, 1.807) is 14.2 Å². The van der Waals surface area contributed by atoms with Gasteiger partial charge in [0.05, 0.1) is 20.3 Å². The smallest absolute Gasteiger partial charge is 0.161 e. The minimum Gasteiger partial charge on any atom is -0.493 e. The van der Waals surface area contributed by atoms with E-state index < -0.39 is 0 Å². The normalized spacial score (nSPS) is 17.4. The van der Waals surface area contributed by atoms with Crippen LogP contribution in [0.4, 0.5) is 0 Å². The number of nitrogens with zero attached hydrogens (tertiary/aromatic N) is 1. The van der Waals surface area contributed by atoms with Crippen molar-refractivity contribution in [1.82, 2.24) is 4.90 Å². The number of benzene rings is 5. The van der Waals surface area contributed by atoms with E-state index in [0.717, 1.165) is 24.6 Å². The van der Waals surface area contributed by atoms with Gasteiger partial charge in [-0.15, -0.1) is 11.3 Å². The Balaban J connectivity index is 1.50. The Morgan fingerprint density at radius 1 is 0.698 bits per heavy atom. The molecule has 1 aliphatic carbocycles. The van der Waals surface area contributed by atoms with Gasteiger partial charge in [0.15, 0.2) is 11.5 Å². The molecule has 1 aromatic heterocycles. The third-order valence-electron chi connectivity index (χ3n) is 8.91. The fourth-order valence-corrected chi connectivity index (χ4v) is 8.04. The molecular formula is C39H31NO2S. The maximum Gasteiger partial charge on any atom is 0.161 e. The van der Waals surface area contributed by atoms with Crippen molar-refractivity contribution in [3.63, 3.8) is 0 Å². The molecule has 2 aliphatic rings. The minimum absolute atomic E-state index is 0.00742. The van der Waals surface area contributed by atoms with Gasteiger partial charge in [-0.1, -0.05) is 97.1 Å². The van der Waals surface area contributed by atoms with Crippen LogP contribution in [0, 0.1) is 0 Å². The molecule has 1 atom stereocenters. The zero-order valence-electron chi connectivity index (χ0n) is 24.2. The summed E-state index contributed by atoms with van der Waals surface area (Å²) in [4.78, 5) is 3.98. The van der Waals surface area contributed by atoms with Crippen LogP contribution in [0.25, 0.3) is 33.0 Å². The van der Waals surface area contributed by atoms with E-state index in [0.29, 0.717) is 0 Å². The second-order valence-corrected chi connectivity index (χ2v) is 12.1. The second-order valence-electron chi connectivity index (χ2n) is 11.2. The Labute approximate surface area is 256 Å². The van der Waals surface area contributed by atoms with Crippen LogP contribution in [-0.2, 0) is 13.1 Å². The summed E-state index contributed by atoms with van der Waals surface area (Å²) in [6.07, 6.45) is 0. The van der Waals surface area contributed by atoms with Crippen molar-refractivity contribution in [2.45, 2.75) is 19.1 Å². The van der Waals surface area contributed by atoms with Gasteiger partial charge in [-0.05, 0) is 73.3 Å². The third kappa shape index (κ3) is 4.21. The number of hydrogen-bond donors (Lipinski definition) is 0. The first-order chi connectivity index (χ1) is 21.2. The SMILES string of the molecule is COc1cc2c(cc1OC)/C(=C1/c3ccccc3-c3ccsc31)C(c1cccc3ccccc13)N(Cc1ccccc1)C2. The van der Waals surface area contributed by atoms with E-state index in [-0.39, 0.29) is 6.04 Å². The van der Waals surface area contributed by atoms with Gasteiger partial charge < -0.3 is 9.47 Å². The zero-order valence-corrected chi connectivity index (χ0v) is 25.0. The van der Waals surface area contributed by atoms with Gasteiger partial charge in [0.2, 0.25) is 0 Å². The summed E-state index contributed by atoms with van der Waals surface area (Å²) in [5.74, 6) is 1.52. The molecule has 0 spiro atoms. The van der Waals surface area contributed by atoms with Crippen molar-refractivity contribution in [3.8, 4) is 22.6 Å². The quantitative estimate of drug-likeness (QED) is 0.203. The molecule has 2 heterocycles. The summed E-state index contributed by atoms with van der Waals surface area (Å²) in [5, 5.41) is 4.77. The molecular weight excluding hydrogens is 547 g/mol. The number of hydrogen-bond acceptors (Lipinski definition) is 4. The van der Waals surface area contributed by atoms with Crippen molar-refractivity contribution in [2.75, 3.05) is 14.2 Å². The summed E-state index contributed by atoms with van der Waals surface area (Å²) in [6.45, 7) is 1.60. The van der Waals surface area contributed by atoms with Crippen molar-refractivity contribution in [1.29, 1.82) is 0 Å². The van der Waals surface area contributed by atoms with Crippen LogP contribution in [0.2, 0.25) is 0 Å². The molecule has 5 aromatic carbocycles. The van der Waals surface area contributed by atoms with E-state index >= 15 is 0 Å². The molecule has 1 unspecified atom stereocenters. The summed E-state index contributed by atoms with van der Waals surface area (Å²) in [7, 11) is 3.45. The van der Waals surface area contributed by atoms with Gasteiger partial charge in [0.1, 0.15) is 0 Å². The van der Waals surface area contributed by atoms with Crippen LogP contribution in [0.1, 0.15) is 38.7 Å². The van der Waals surface area contributed by atoms with Crippen LogP contribution < -0.4 is 9.47 Å². The molecule has 0 saturated heterocycles. The van der Waals surface area contributed by atoms with Crippen LogP contribution >= 0.6 is 11.3 Å². The predicted molar refractivity (Wildman–Crippen MR) is 178 cm³/mol. The first kappa shape index (κ1) is 26.0. The van der Waals surface area contributed by atoms with Gasteiger partial charge >= 0.3 is 0 Å². The standard InChI is InChI=1S/C39H31NO2S/c1-41-34-21-27-24-40(23-25-11-4-3-5-12-25)38(31-18-10-14-26-13-6-7-15-28(26)31)36(33(27)22-35(34)42-2)37-30-17-9-8-16-29(30)32-19-20-43-39(32)37/h3-22,38H,23-24H2,1-2H3/b37-36+. The van der Waals surface area contributed by atoms with Crippen molar-refractivity contribution in [3.05, 3.63) is 153 Å². The van der Waals surface area contributed by atoms with Gasteiger partial charge in [-0.2, -0.15) is 0 Å². The predicted octanol–water partition coefficient (Wildman–Crippen LogP) is 9.62. The number of methoxy groups -OCH3 is 2. The van der Waals surface area contributed by atoms with Crippen LogP contribution in [0.3, 0.4) is 0 Å². The van der Waals surface area contributed by atoms with Gasteiger partial charge in [0.25, 0.3) is 0 Å². The monoisotopic (exact) mass is 577 g/mol. The lowest BCUT2D eigenvalue weighted by Crippen LogP contribution is -2.34.